The lowest BCUT2D eigenvalue weighted by atomic mass is 10.0. The fourth-order valence-corrected chi connectivity index (χ4v) is 10.8. The van der Waals surface area contributed by atoms with Crippen LogP contribution in [0.5, 0.6) is 11.5 Å². The van der Waals surface area contributed by atoms with Crippen LogP contribution in [0.15, 0.2) is 97.1 Å². The van der Waals surface area contributed by atoms with Crippen molar-refractivity contribution in [3.63, 3.8) is 0 Å². The van der Waals surface area contributed by atoms with Crippen molar-refractivity contribution in [2.75, 3.05) is 53.6 Å². The molecule has 0 aromatic heterocycles. The number of carbonyl (C=O) groups is 14. The van der Waals surface area contributed by atoms with Crippen molar-refractivity contribution in [3.05, 3.63) is 108 Å². The number of aliphatic hydroxyl groups excluding tert-OH is 1. The number of carbonyl (C=O) groups excluding carboxylic acids is 14. The van der Waals surface area contributed by atoms with Gasteiger partial charge in [0.1, 0.15) is 77.5 Å². The maximum absolute atomic E-state index is 13.7. The van der Waals surface area contributed by atoms with Crippen molar-refractivity contribution < 1.29 is 96.3 Å². The highest BCUT2D eigenvalue weighted by molar-refractivity contribution is 5.99. The van der Waals surface area contributed by atoms with E-state index < -0.39 is 174 Å². The van der Waals surface area contributed by atoms with E-state index in [1.54, 1.807) is 97.0 Å². The van der Waals surface area contributed by atoms with E-state index >= 15 is 0 Å². The van der Waals surface area contributed by atoms with E-state index in [1.165, 1.54) is 80.4 Å². The molecule has 32 nitrogen and oxygen atoms in total. The van der Waals surface area contributed by atoms with Crippen LogP contribution in [0.2, 0.25) is 0 Å². The fraction of sp³-hybridized carbons (Fsp3) is 0.541. The Hall–Kier alpha value is -10.5. The summed E-state index contributed by atoms with van der Waals surface area (Å²) in [5.74, 6) is -8.32. The van der Waals surface area contributed by atoms with Crippen LogP contribution in [0.25, 0.3) is 0 Å². The fourth-order valence-electron chi connectivity index (χ4n) is 10.8. The Morgan fingerprint density at radius 3 is 1.26 bits per heavy atom. The van der Waals surface area contributed by atoms with Crippen molar-refractivity contribution >= 4 is 82.8 Å². The number of methoxy groups -OCH3 is 2. The van der Waals surface area contributed by atoms with Crippen LogP contribution < -0.4 is 57.9 Å². The summed E-state index contributed by atoms with van der Waals surface area (Å²) < 4.78 is 21.3. The lowest BCUT2D eigenvalue weighted by Gasteiger charge is -2.28. The Balaban J connectivity index is 0.000000556. The molecule has 2 heterocycles. The van der Waals surface area contributed by atoms with E-state index in [0.717, 1.165) is 6.08 Å². The number of phenols is 1. The number of hydrogen-bond donors (Lipinski definition) is 12. The molecule has 2 fully saturated rings. The van der Waals surface area contributed by atoms with Crippen molar-refractivity contribution in [1.82, 2.24) is 63.0 Å². The summed E-state index contributed by atoms with van der Waals surface area (Å²) in [6.45, 7) is 19.3. The number of allylic oxidation sites excluding steroid dienone is 4. The Kier molecular flexibility index (Phi) is 38.1. The normalized spacial score (nSPS) is 16.6. The average Bonchev–Trinajstić information content (AvgIpc) is 1.68. The van der Waals surface area contributed by atoms with Gasteiger partial charge in [0.05, 0.1) is 46.1 Å². The first-order chi connectivity index (χ1) is 50.0. The van der Waals surface area contributed by atoms with E-state index in [0.29, 0.717) is 42.6 Å². The first-order valence-corrected chi connectivity index (χ1v) is 35.0. The third-order valence-electron chi connectivity index (χ3n) is 16.0. The lowest BCUT2D eigenvalue weighted by molar-refractivity contribution is -0.147. The van der Waals surface area contributed by atoms with E-state index in [4.69, 9.17) is 18.9 Å². The zero-order valence-corrected chi connectivity index (χ0v) is 63.0. The molecule has 10 unspecified atom stereocenters. The smallest absolute Gasteiger partial charge is 0.328 e. The number of rotatable bonds is 36. The Morgan fingerprint density at radius 2 is 0.896 bits per heavy atom. The molecule has 0 bridgehead atoms. The highest BCUT2D eigenvalue weighted by Crippen LogP contribution is 2.23. The number of benzene rings is 2. The second-order valence-electron chi connectivity index (χ2n) is 27.0. The minimum Gasteiger partial charge on any atom is -0.508 e. The second kappa shape index (κ2) is 45.0. The topological polar surface area (TPSA) is 443 Å². The van der Waals surface area contributed by atoms with Gasteiger partial charge in [-0.1, -0.05) is 60.7 Å². The van der Waals surface area contributed by atoms with Crippen molar-refractivity contribution in [3.8, 4) is 11.5 Å². The lowest BCUT2D eigenvalue weighted by Crippen LogP contribution is -2.57. The Morgan fingerprint density at radius 1 is 0.500 bits per heavy atom. The molecule has 0 aliphatic carbocycles. The number of nitrogens with one attached hydrogen (secondary N) is 10. The molecule has 0 saturated carbocycles. The number of aliphatic hydroxyl groups is 1. The predicted molar refractivity (Wildman–Crippen MR) is 390 cm³/mol. The number of hydrogen-bond acceptors (Lipinski definition) is 20. The molecular formula is C74H108N12O20. The van der Waals surface area contributed by atoms with Crippen molar-refractivity contribution in [1.29, 1.82) is 0 Å². The van der Waals surface area contributed by atoms with Crippen LogP contribution in [0.1, 0.15) is 133 Å². The highest BCUT2D eigenvalue weighted by Gasteiger charge is 2.40. The van der Waals surface area contributed by atoms with Gasteiger partial charge in [-0.05, 0) is 169 Å². The average molecular weight is 1490 g/mol. The summed E-state index contributed by atoms with van der Waals surface area (Å²) in [4.78, 5) is 184. The monoisotopic (exact) mass is 1480 g/mol. The molecule has 12 N–H and O–H groups in total. The molecule has 12 amide bonds. The van der Waals surface area contributed by atoms with Gasteiger partial charge in [0.2, 0.25) is 70.9 Å². The molecule has 10 atom stereocenters. The van der Waals surface area contributed by atoms with Crippen LogP contribution in [0.3, 0.4) is 0 Å². The van der Waals surface area contributed by atoms with Gasteiger partial charge in [-0.2, -0.15) is 0 Å². The van der Waals surface area contributed by atoms with Gasteiger partial charge in [0, 0.05) is 25.9 Å². The molecule has 4 rings (SSSR count). The van der Waals surface area contributed by atoms with Crippen LogP contribution in [0.4, 0.5) is 0 Å². The number of esters is 2. The summed E-state index contributed by atoms with van der Waals surface area (Å²) in [6, 6.07) is 2.16. The predicted octanol–water partition coefficient (Wildman–Crippen LogP) is 0.712. The highest BCUT2D eigenvalue weighted by atomic mass is 16.5. The molecule has 2 aliphatic rings. The first-order valence-electron chi connectivity index (χ1n) is 35.0. The van der Waals surface area contributed by atoms with Crippen molar-refractivity contribution in [2.24, 2.45) is 0 Å². The van der Waals surface area contributed by atoms with E-state index in [9.17, 15) is 77.3 Å². The second-order valence-corrected chi connectivity index (χ2v) is 27.0. The Labute approximate surface area is 619 Å². The SMILES string of the molecule is C/C=C/CC(NC(=O)C1CCCN1C(=O)C(C)NC(=O)CNC(=O)C(Cc1ccc(O)cc1)NC(=O)C(CO)NC(=O)/C=C/C)C(=O)OC.C/C=C/CC(NC(=O)C1CCCN1C(=O)C(C)NC(=O)CNC(=O)C(Cc1ccc(OC(C)(C)C)cc1)NC(=O)C(COC(C)(C)C)NC(=O)/C=C/C)C(=O)OC. The van der Waals surface area contributed by atoms with Gasteiger partial charge in [-0.25, -0.2) is 9.59 Å². The summed E-state index contributed by atoms with van der Waals surface area (Å²) in [6.07, 6.45) is 14.5. The van der Waals surface area contributed by atoms with Crippen LogP contribution in [-0.4, -0.2) is 228 Å². The molecule has 584 valence electrons. The number of aromatic hydroxyl groups is 1. The van der Waals surface area contributed by atoms with Crippen LogP contribution >= 0.6 is 0 Å². The third kappa shape index (κ3) is 31.8. The molecule has 106 heavy (non-hydrogen) atoms. The van der Waals surface area contributed by atoms with Gasteiger partial charge in [-0.15, -0.1) is 0 Å². The molecule has 0 radical (unpaired) electrons. The number of ether oxygens (including phenoxy) is 4. The van der Waals surface area contributed by atoms with Gasteiger partial charge >= 0.3 is 11.9 Å². The van der Waals surface area contributed by atoms with E-state index in [-0.39, 0.29) is 51.1 Å². The zero-order chi connectivity index (χ0) is 79.4. The van der Waals surface area contributed by atoms with E-state index in [2.05, 4.69) is 53.2 Å². The van der Waals surface area contributed by atoms with Crippen molar-refractivity contribution in [2.45, 2.75) is 206 Å². The van der Waals surface area contributed by atoms with E-state index in [1.807, 2.05) is 20.8 Å². The molecule has 2 aliphatic heterocycles. The molecule has 2 aromatic rings. The molecular weight excluding hydrogens is 1380 g/mol. The number of amides is 12. The summed E-state index contributed by atoms with van der Waals surface area (Å²) in [5.41, 5.74) is 0.147. The summed E-state index contributed by atoms with van der Waals surface area (Å²) in [7, 11) is 2.43. The quantitative estimate of drug-likeness (QED) is 0.0254. The van der Waals surface area contributed by atoms with Gasteiger partial charge < -0.3 is 92.1 Å². The van der Waals surface area contributed by atoms with Crippen LogP contribution in [0, 0.1) is 0 Å². The zero-order valence-electron chi connectivity index (χ0n) is 63.0. The number of phenolic OH excluding ortho intramolecular Hbond substituents is 1. The molecule has 32 heteroatoms. The van der Waals surface area contributed by atoms with Crippen LogP contribution in [-0.2, 0) is 94.2 Å². The largest absolute Gasteiger partial charge is 0.508 e. The molecule has 2 aromatic carbocycles. The number of nitrogens with zero attached hydrogens (tertiary/aromatic N) is 2. The summed E-state index contributed by atoms with van der Waals surface area (Å²) in [5, 5.41) is 44.7. The van der Waals surface area contributed by atoms with Gasteiger partial charge in [0.25, 0.3) is 0 Å². The minimum atomic E-state index is -1.37. The maximum atomic E-state index is 13.7. The van der Waals surface area contributed by atoms with Gasteiger partial charge in [0.15, 0.2) is 0 Å². The standard InChI is InChI=1S/C41H62N6O10.C33H46N6O10/c1-11-13-16-29(39(54)55-10)45-37(52)32-17-14-22-47(32)38(53)26(3)43-34(49)24-42-35(50)30(23-27-18-20-28(21-19-27)57-41(7,8)9)46-36(51)31(25-56-40(4,5)6)44-33(48)15-12-2;1-5-7-10-23(33(48)49-4)37-31(46)26-11-8-16-39(26)32(47)20(3)35-28(43)18-34-29(44)24(17-21-12-14-22(41)15-13-21)38-30(45)25(19-40)36-27(42)9-6-2/h11-13,15,18-21,26,29-32H,14,16-17,22-25H2,1-10H3,(H,42,50)(H,43,49)(H,44,48)(H,45,52)(H,46,51);5-7,9,12-15,20,23-26,40-41H,8,10-11,16-19H2,1-4H3,(H,34,44)(H,35,43)(H,36,42)(H,37,46)(H,38,45)/b13-11+,15-12+;7-5+,9-6+. The Bertz CT molecular complexity index is 3450. The first kappa shape index (κ1) is 89.7. The minimum absolute atomic E-state index is 0.0168. The molecule has 2 saturated heterocycles. The summed E-state index contributed by atoms with van der Waals surface area (Å²) >= 11 is 0. The van der Waals surface area contributed by atoms with Gasteiger partial charge in [-0.3, -0.25) is 57.5 Å². The number of likely N-dealkylation sites (tertiary alicyclic amines) is 2. The third-order valence-corrected chi connectivity index (χ3v) is 16.0. The molecule has 0 spiro atoms. The maximum Gasteiger partial charge on any atom is 0.328 e.